The maximum absolute atomic E-state index is 15.4. The number of hydrogen-bond donors (Lipinski definition) is 1. The number of aromatic nitrogens is 2. The first kappa shape index (κ1) is 46.3. The number of imide groups is 1. The summed E-state index contributed by atoms with van der Waals surface area (Å²) < 4.78 is 28.5. The van der Waals surface area contributed by atoms with Gasteiger partial charge in [-0.2, -0.15) is 0 Å². The van der Waals surface area contributed by atoms with E-state index >= 15 is 4.39 Å². The van der Waals surface area contributed by atoms with Gasteiger partial charge in [0.05, 0.1) is 17.1 Å². The molecule has 13 nitrogen and oxygen atoms in total. The zero-order chi connectivity index (χ0) is 45.9. The van der Waals surface area contributed by atoms with E-state index in [9.17, 15) is 24.0 Å². The molecule has 15 heteroatoms. The van der Waals surface area contributed by atoms with Crippen LogP contribution in [0.2, 0.25) is 25.7 Å². The van der Waals surface area contributed by atoms with Crippen molar-refractivity contribution >= 4 is 54.5 Å². The Balaban J connectivity index is 0.928. The lowest BCUT2D eigenvalue weighted by molar-refractivity contribution is -0.158. The predicted molar refractivity (Wildman–Crippen MR) is 245 cm³/mol. The van der Waals surface area contributed by atoms with Crippen molar-refractivity contribution in [3.05, 3.63) is 94.1 Å². The Kier molecular flexibility index (Phi) is 13.9. The van der Waals surface area contributed by atoms with Crippen molar-refractivity contribution in [3.8, 4) is 11.8 Å². The number of carbonyl (C=O) groups excluding carboxylic acids is 5. The zero-order valence-electron chi connectivity index (χ0n) is 38.0. The van der Waals surface area contributed by atoms with Crippen LogP contribution in [0.15, 0.2) is 54.7 Å². The molecule has 0 radical (unpaired) electrons. The fourth-order valence-electron chi connectivity index (χ4n) is 8.52. The highest BCUT2D eigenvalue weighted by Crippen LogP contribution is 2.36. The van der Waals surface area contributed by atoms with Crippen molar-refractivity contribution in [2.45, 2.75) is 122 Å². The number of ether oxygens (including phenoxy) is 2. The van der Waals surface area contributed by atoms with E-state index in [4.69, 9.17) is 9.47 Å². The average Bonchev–Trinajstić information content (AvgIpc) is 3.92. The molecule has 64 heavy (non-hydrogen) atoms. The number of amides is 4. The van der Waals surface area contributed by atoms with Crippen molar-refractivity contribution in [2.24, 2.45) is 0 Å². The van der Waals surface area contributed by atoms with E-state index in [1.54, 1.807) is 39.9 Å². The van der Waals surface area contributed by atoms with Crippen LogP contribution in [0, 0.1) is 17.7 Å². The molecule has 2 aromatic carbocycles. The second kappa shape index (κ2) is 19.2. The summed E-state index contributed by atoms with van der Waals surface area (Å²) in [6.45, 7) is 13.7. The number of hydrogen-bond acceptors (Lipinski definition) is 9. The topological polar surface area (TPSA) is 143 Å². The van der Waals surface area contributed by atoms with Crippen LogP contribution < -0.4 is 5.32 Å². The third-order valence-electron chi connectivity index (χ3n) is 12.0. The lowest BCUT2D eigenvalue weighted by Crippen LogP contribution is -2.55. The Bertz CT molecular complexity index is 2530. The number of piperidine rings is 1. The first-order valence-corrected chi connectivity index (χ1v) is 26.0. The molecule has 7 rings (SSSR count). The highest BCUT2D eigenvalue weighted by atomic mass is 28.3. The number of likely N-dealkylation sites (tertiary alicyclic amines) is 2. The minimum Gasteiger partial charge on any atom is -0.443 e. The molecule has 1 N–H and O–H groups in total. The van der Waals surface area contributed by atoms with Gasteiger partial charge in [-0.05, 0) is 120 Å². The standard InChI is InChI=1S/C49H59FN6O7Si/c1-49(2,3)63-48(61)56-41-28-43(51-29-34(41)27-42(56)39-18-13-23-53(39)4)52-45(58)36-20-19-32(26-38(36)50)14-10-8-9-11-15-33-16-12-17-35-37(33)30-54(46(35)59)40-21-22-44(57)55(47(40)60)31-62-24-25-64(5,6)7/h12,16-17,19-20,26-29,39-40H,8-10,13-14,18,21-25,30-31H2,1-7H3,(H,51,52,58)/t39-,40?/m1/s1. The minimum absolute atomic E-state index is 0.0220. The van der Waals surface area contributed by atoms with Crippen LogP contribution in [0.25, 0.3) is 10.9 Å². The Morgan fingerprint density at radius 3 is 2.53 bits per heavy atom. The van der Waals surface area contributed by atoms with Crippen molar-refractivity contribution in [2.75, 3.05) is 32.2 Å². The van der Waals surface area contributed by atoms with Gasteiger partial charge >= 0.3 is 6.09 Å². The third-order valence-corrected chi connectivity index (χ3v) is 13.7. The Morgan fingerprint density at radius 2 is 1.81 bits per heavy atom. The molecule has 2 aromatic heterocycles. The van der Waals surface area contributed by atoms with Gasteiger partial charge in [0.1, 0.15) is 30.0 Å². The number of pyridine rings is 1. The van der Waals surface area contributed by atoms with E-state index in [-0.39, 0.29) is 55.4 Å². The van der Waals surface area contributed by atoms with Gasteiger partial charge in [-0.15, -0.1) is 0 Å². The number of nitrogens with one attached hydrogen (secondary N) is 1. The summed E-state index contributed by atoms with van der Waals surface area (Å²) in [6, 6.07) is 13.7. The molecule has 2 saturated heterocycles. The van der Waals surface area contributed by atoms with Gasteiger partial charge in [0, 0.05) is 68.5 Å². The molecule has 0 bridgehead atoms. The SMILES string of the molecule is CN1CCC[C@@H]1c1cc2cnc(NC(=O)c3ccc(CCCCC#Cc4cccc5c4CN(C4CCC(=O)N(COCC[Si](C)(C)C)C4=O)C5=O)cc3F)cc2n1C(=O)OC(C)(C)C. The fourth-order valence-corrected chi connectivity index (χ4v) is 9.27. The van der Waals surface area contributed by atoms with Crippen molar-refractivity contribution in [3.63, 3.8) is 0 Å². The smallest absolute Gasteiger partial charge is 0.419 e. The van der Waals surface area contributed by atoms with E-state index in [1.807, 2.05) is 40.0 Å². The van der Waals surface area contributed by atoms with E-state index < -0.39 is 43.4 Å². The largest absolute Gasteiger partial charge is 0.443 e. The van der Waals surface area contributed by atoms with Crippen LogP contribution in [0.3, 0.4) is 0 Å². The molecule has 0 spiro atoms. The van der Waals surface area contributed by atoms with Crippen molar-refractivity contribution in [1.82, 2.24) is 24.3 Å². The molecule has 1 unspecified atom stereocenters. The maximum Gasteiger partial charge on any atom is 0.419 e. The van der Waals surface area contributed by atoms with Crippen LogP contribution in [-0.2, 0) is 32.0 Å². The van der Waals surface area contributed by atoms with Crippen LogP contribution >= 0.6 is 0 Å². The predicted octanol–water partition coefficient (Wildman–Crippen LogP) is 8.53. The van der Waals surface area contributed by atoms with E-state index in [1.165, 1.54) is 12.1 Å². The Labute approximate surface area is 375 Å². The number of aryl methyl sites for hydroxylation is 1. The summed E-state index contributed by atoms with van der Waals surface area (Å²) in [5.74, 6) is 4.38. The number of benzene rings is 2. The molecule has 3 aliphatic rings. The van der Waals surface area contributed by atoms with Gasteiger partial charge in [0.25, 0.3) is 17.7 Å². The maximum atomic E-state index is 15.4. The Morgan fingerprint density at radius 1 is 1.02 bits per heavy atom. The van der Waals surface area contributed by atoms with Gasteiger partial charge in [-0.3, -0.25) is 29.0 Å². The second-order valence-electron chi connectivity index (χ2n) is 19.3. The summed E-state index contributed by atoms with van der Waals surface area (Å²) >= 11 is 0. The zero-order valence-corrected chi connectivity index (χ0v) is 39.0. The summed E-state index contributed by atoms with van der Waals surface area (Å²) in [5, 5.41) is 3.44. The number of anilines is 1. The van der Waals surface area contributed by atoms with E-state index in [2.05, 4.69) is 46.7 Å². The number of rotatable bonds is 13. The number of nitrogens with zero attached hydrogens (tertiary/aromatic N) is 5. The minimum atomic E-state index is -1.34. The quantitative estimate of drug-likeness (QED) is 0.0605. The van der Waals surface area contributed by atoms with Gasteiger partial charge in [-0.1, -0.05) is 43.6 Å². The molecular weight excluding hydrogens is 832 g/mol. The van der Waals surface area contributed by atoms with Gasteiger partial charge < -0.3 is 19.7 Å². The molecule has 0 aliphatic carbocycles. The number of halogens is 1. The van der Waals surface area contributed by atoms with Crippen molar-refractivity contribution in [1.29, 1.82) is 0 Å². The number of fused-ring (bicyclic) bond motifs is 2. The molecule has 0 saturated carbocycles. The normalized spacial score (nSPS) is 18.1. The molecule has 2 fully saturated rings. The summed E-state index contributed by atoms with van der Waals surface area (Å²) in [5.41, 5.74) is 3.25. The molecule has 4 amide bonds. The monoisotopic (exact) mass is 890 g/mol. The summed E-state index contributed by atoms with van der Waals surface area (Å²) in [4.78, 5) is 75.9. The van der Waals surface area contributed by atoms with Gasteiger partial charge in [0.2, 0.25) is 5.91 Å². The lowest BCUT2D eigenvalue weighted by Gasteiger charge is -2.35. The first-order valence-electron chi connectivity index (χ1n) is 22.3. The highest BCUT2D eigenvalue weighted by molar-refractivity contribution is 6.76. The average molecular weight is 891 g/mol. The molecule has 3 aliphatic heterocycles. The van der Waals surface area contributed by atoms with Crippen LogP contribution in [0.4, 0.5) is 15.0 Å². The van der Waals surface area contributed by atoms with Gasteiger partial charge in [-0.25, -0.2) is 18.7 Å². The summed E-state index contributed by atoms with van der Waals surface area (Å²) in [7, 11) is 0.690. The lowest BCUT2D eigenvalue weighted by atomic mass is 10.0. The van der Waals surface area contributed by atoms with Crippen LogP contribution in [-0.4, -0.2) is 101 Å². The first-order chi connectivity index (χ1) is 30.4. The molecular formula is C49H59FN6O7Si. The van der Waals surface area contributed by atoms with E-state index in [0.717, 1.165) is 70.9 Å². The highest BCUT2D eigenvalue weighted by Gasteiger charge is 2.43. The molecule has 5 heterocycles. The van der Waals surface area contributed by atoms with Crippen LogP contribution in [0.1, 0.15) is 115 Å². The van der Waals surface area contributed by atoms with Crippen LogP contribution in [0.5, 0.6) is 0 Å². The fraction of sp³-hybridized carbons (Fsp3) is 0.469. The molecule has 338 valence electrons. The summed E-state index contributed by atoms with van der Waals surface area (Å²) in [6.07, 6.45) is 6.05. The third kappa shape index (κ3) is 10.6. The number of carbonyl (C=O) groups is 5. The van der Waals surface area contributed by atoms with E-state index in [0.29, 0.717) is 30.5 Å². The molecule has 4 aromatic rings. The second-order valence-corrected chi connectivity index (χ2v) is 24.9. The number of unbranched alkanes of at least 4 members (excludes halogenated alkanes) is 2. The molecule has 2 atom stereocenters. The Hall–Kier alpha value is -5.69. The van der Waals surface area contributed by atoms with Gasteiger partial charge in [0.15, 0.2) is 0 Å². The van der Waals surface area contributed by atoms with Crippen molar-refractivity contribution < 1.29 is 37.8 Å².